The summed E-state index contributed by atoms with van der Waals surface area (Å²) < 4.78 is 2.54. The van der Waals surface area contributed by atoms with E-state index in [1.54, 1.807) is 26.4 Å². The Morgan fingerprint density at radius 2 is 2.00 bits per heavy atom. The smallest absolute Gasteiger partial charge is 0.312 e. The van der Waals surface area contributed by atoms with Gasteiger partial charge in [0.1, 0.15) is 0 Å². The summed E-state index contributed by atoms with van der Waals surface area (Å²) in [6.07, 6.45) is 3.09. The molecule has 0 amide bonds. The topological polar surface area (TPSA) is 44.0 Å². The molecule has 4 nitrogen and oxygen atoms in total. The first-order valence-corrected chi connectivity index (χ1v) is 3.82. The Hall–Kier alpha value is -1.76. The fourth-order valence-corrected chi connectivity index (χ4v) is 0.878. The second kappa shape index (κ2) is 3.76. The van der Waals surface area contributed by atoms with E-state index in [2.05, 4.69) is 11.8 Å². The summed E-state index contributed by atoms with van der Waals surface area (Å²) in [5.74, 6) is 5.38. The maximum Gasteiger partial charge on any atom is 0.317 e. The third-order valence-electron chi connectivity index (χ3n) is 1.66. The van der Waals surface area contributed by atoms with Crippen molar-refractivity contribution >= 4 is 0 Å². The molecule has 1 rings (SSSR count). The van der Waals surface area contributed by atoms with Crippen LogP contribution in [-0.2, 0) is 13.6 Å². The van der Waals surface area contributed by atoms with Gasteiger partial charge in [0.25, 0.3) is 0 Å². The van der Waals surface area contributed by atoms with Crippen molar-refractivity contribution in [2.75, 3.05) is 0 Å². The molecule has 0 spiro atoms. The van der Waals surface area contributed by atoms with Gasteiger partial charge in [0, 0.05) is 19.4 Å². The molecule has 0 atom stereocenters. The first-order valence-electron chi connectivity index (χ1n) is 3.82. The monoisotopic (exact) mass is 178 g/mol. The molecule has 0 saturated heterocycles. The molecule has 4 heteroatoms. The number of hydrogen-bond acceptors (Lipinski definition) is 2. The highest BCUT2D eigenvalue weighted by atomic mass is 16.2. The third kappa shape index (κ3) is 1.88. The summed E-state index contributed by atoms with van der Waals surface area (Å²) in [5.41, 5.74) is -1.06. The Morgan fingerprint density at radius 3 is 2.62 bits per heavy atom. The van der Waals surface area contributed by atoms with Gasteiger partial charge in [0.05, 0.1) is 6.54 Å². The van der Waals surface area contributed by atoms with Gasteiger partial charge in [0.2, 0.25) is 0 Å². The van der Waals surface area contributed by atoms with Crippen molar-refractivity contribution in [1.29, 1.82) is 0 Å². The van der Waals surface area contributed by atoms with Crippen molar-refractivity contribution in [1.82, 2.24) is 9.13 Å². The van der Waals surface area contributed by atoms with Crippen molar-refractivity contribution in [2.24, 2.45) is 7.05 Å². The van der Waals surface area contributed by atoms with E-state index in [0.717, 1.165) is 0 Å². The van der Waals surface area contributed by atoms with Crippen LogP contribution in [0.4, 0.5) is 0 Å². The number of aromatic nitrogens is 2. The maximum absolute atomic E-state index is 11.3. The highest BCUT2D eigenvalue weighted by Crippen LogP contribution is 1.76. The van der Waals surface area contributed by atoms with Gasteiger partial charge in [0.15, 0.2) is 0 Å². The molecule has 0 aromatic carbocycles. The Labute approximate surface area is 75.4 Å². The molecule has 0 fully saturated rings. The Kier molecular flexibility index (Phi) is 2.70. The average Bonchev–Trinajstić information content (AvgIpc) is 2.13. The predicted octanol–water partition coefficient (Wildman–Crippen LogP) is -0.430. The van der Waals surface area contributed by atoms with Crippen molar-refractivity contribution in [3.8, 4) is 11.8 Å². The highest BCUT2D eigenvalue weighted by molar-refractivity contribution is 4.97. The zero-order chi connectivity index (χ0) is 9.84. The molecule has 0 bridgehead atoms. The number of aryl methyl sites for hydroxylation is 1. The van der Waals surface area contributed by atoms with E-state index < -0.39 is 11.1 Å². The van der Waals surface area contributed by atoms with Crippen LogP contribution in [0.2, 0.25) is 0 Å². The summed E-state index contributed by atoms with van der Waals surface area (Å²) in [5, 5.41) is 0. The van der Waals surface area contributed by atoms with Gasteiger partial charge in [-0.1, -0.05) is 5.92 Å². The van der Waals surface area contributed by atoms with Crippen molar-refractivity contribution in [2.45, 2.75) is 13.5 Å². The van der Waals surface area contributed by atoms with Crippen molar-refractivity contribution in [3.05, 3.63) is 33.1 Å². The Balaban J connectivity index is 3.24. The van der Waals surface area contributed by atoms with Crippen LogP contribution in [0.1, 0.15) is 6.92 Å². The van der Waals surface area contributed by atoms with Crippen LogP contribution < -0.4 is 11.1 Å². The summed E-state index contributed by atoms with van der Waals surface area (Å²) in [6, 6.07) is 0. The molecule has 13 heavy (non-hydrogen) atoms. The number of rotatable bonds is 1. The van der Waals surface area contributed by atoms with Crippen LogP contribution in [0.25, 0.3) is 0 Å². The molecular weight excluding hydrogens is 168 g/mol. The Morgan fingerprint density at radius 1 is 1.31 bits per heavy atom. The zero-order valence-electron chi connectivity index (χ0n) is 7.57. The van der Waals surface area contributed by atoms with Gasteiger partial charge in [-0.2, -0.15) is 0 Å². The fourth-order valence-electron chi connectivity index (χ4n) is 0.878. The van der Waals surface area contributed by atoms with Gasteiger partial charge in [-0.05, 0) is 6.92 Å². The lowest BCUT2D eigenvalue weighted by atomic mass is 10.5. The molecule has 0 N–H and O–H groups in total. The normalized spacial score (nSPS) is 9.08. The van der Waals surface area contributed by atoms with Gasteiger partial charge in [-0.25, -0.2) is 0 Å². The average molecular weight is 178 g/mol. The SMILES string of the molecule is CC#CCn1ccn(C)c(=O)c1=O. The van der Waals surface area contributed by atoms with Gasteiger partial charge in [-0.3, -0.25) is 14.2 Å². The second-order valence-corrected chi connectivity index (χ2v) is 2.57. The lowest BCUT2D eigenvalue weighted by Gasteiger charge is -2.00. The molecule has 0 aliphatic carbocycles. The molecule has 0 aliphatic heterocycles. The number of hydrogen-bond donors (Lipinski definition) is 0. The zero-order valence-corrected chi connectivity index (χ0v) is 7.57. The van der Waals surface area contributed by atoms with Crippen LogP contribution in [0.3, 0.4) is 0 Å². The lowest BCUT2D eigenvalue weighted by molar-refractivity contribution is 0.714. The van der Waals surface area contributed by atoms with E-state index in [1.807, 2.05) is 0 Å². The minimum atomic E-state index is -0.534. The van der Waals surface area contributed by atoms with Crippen LogP contribution >= 0.6 is 0 Å². The number of nitrogens with zero attached hydrogens (tertiary/aromatic N) is 2. The second-order valence-electron chi connectivity index (χ2n) is 2.57. The summed E-state index contributed by atoms with van der Waals surface area (Å²) >= 11 is 0. The van der Waals surface area contributed by atoms with Gasteiger partial charge in [-0.15, -0.1) is 5.92 Å². The molecule has 0 aliphatic rings. The van der Waals surface area contributed by atoms with Crippen LogP contribution in [-0.4, -0.2) is 9.13 Å². The van der Waals surface area contributed by atoms with Crippen LogP contribution in [0.15, 0.2) is 22.0 Å². The summed E-state index contributed by atoms with van der Waals surface area (Å²) in [7, 11) is 1.54. The molecule has 68 valence electrons. The van der Waals surface area contributed by atoms with E-state index in [1.165, 1.54) is 9.13 Å². The van der Waals surface area contributed by atoms with E-state index in [9.17, 15) is 9.59 Å². The largest absolute Gasteiger partial charge is 0.317 e. The molecule has 0 saturated carbocycles. The van der Waals surface area contributed by atoms with E-state index in [4.69, 9.17) is 0 Å². The standard InChI is InChI=1S/C9H10N2O2/c1-3-4-5-11-7-6-10(2)8(12)9(11)13/h6-7H,5H2,1-2H3. The van der Waals surface area contributed by atoms with Crippen LogP contribution in [0, 0.1) is 11.8 Å². The third-order valence-corrected chi connectivity index (χ3v) is 1.66. The molecular formula is C9H10N2O2. The van der Waals surface area contributed by atoms with E-state index in [-0.39, 0.29) is 6.54 Å². The van der Waals surface area contributed by atoms with E-state index >= 15 is 0 Å². The minimum Gasteiger partial charge on any atom is -0.312 e. The minimum absolute atomic E-state index is 0.269. The molecule has 0 radical (unpaired) electrons. The van der Waals surface area contributed by atoms with Crippen molar-refractivity contribution < 1.29 is 0 Å². The lowest BCUT2D eigenvalue weighted by Crippen LogP contribution is -2.39. The fraction of sp³-hybridized carbons (Fsp3) is 0.333. The van der Waals surface area contributed by atoms with Gasteiger partial charge < -0.3 is 4.57 Å². The molecule has 1 aromatic rings. The molecule has 1 aromatic heterocycles. The first-order chi connectivity index (χ1) is 6.16. The first kappa shape index (κ1) is 9.33. The highest BCUT2D eigenvalue weighted by Gasteiger charge is 1.99. The molecule has 1 heterocycles. The quantitative estimate of drug-likeness (QED) is 0.432. The maximum atomic E-state index is 11.3. The van der Waals surface area contributed by atoms with Crippen LogP contribution in [0.5, 0.6) is 0 Å². The van der Waals surface area contributed by atoms with Crippen molar-refractivity contribution in [3.63, 3.8) is 0 Å². The Bertz CT molecular complexity index is 471. The predicted molar refractivity (Wildman–Crippen MR) is 49.4 cm³/mol. The summed E-state index contributed by atoms with van der Waals surface area (Å²) in [6.45, 7) is 1.96. The van der Waals surface area contributed by atoms with E-state index in [0.29, 0.717) is 0 Å². The molecule has 0 unspecified atom stereocenters. The van der Waals surface area contributed by atoms with Gasteiger partial charge >= 0.3 is 11.1 Å². The summed E-state index contributed by atoms with van der Waals surface area (Å²) in [4.78, 5) is 22.4.